The number of hydrogen-bond acceptors (Lipinski definition) is 2. The molecule has 2 saturated heterocycles. The van der Waals surface area contributed by atoms with Crippen LogP contribution in [0.5, 0.6) is 0 Å². The van der Waals surface area contributed by atoms with Crippen molar-refractivity contribution in [3.63, 3.8) is 0 Å². The van der Waals surface area contributed by atoms with Gasteiger partial charge in [-0.1, -0.05) is 48.5 Å². The van der Waals surface area contributed by atoms with Gasteiger partial charge in [-0.15, -0.1) is 0 Å². The maximum Gasteiger partial charge on any atom is 0.0139 e. The summed E-state index contributed by atoms with van der Waals surface area (Å²) in [5, 5.41) is 0. The molecule has 4 bridgehead atoms. The monoisotopic (exact) mass is 464 g/mol. The lowest BCUT2D eigenvalue weighted by Gasteiger charge is -2.60. The standard InChI is InChI=1S/C33H40N2/c1-2-7-25-24(6-1)32-26-8-3-4-9-27(26)33(25)31-19-35(18-30(31)32)15-5-14-34-16-28-22-12-13-23(29(28)17-34)21-11-10-20(21)22/h1-4,6-9,20-23,28-33H,5,10-19H2. The van der Waals surface area contributed by atoms with Crippen LogP contribution in [0, 0.1) is 47.3 Å². The van der Waals surface area contributed by atoms with Crippen molar-refractivity contribution in [2.75, 3.05) is 39.3 Å². The second kappa shape index (κ2) is 7.45. The molecule has 4 saturated carbocycles. The van der Waals surface area contributed by atoms with Gasteiger partial charge in [0.25, 0.3) is 0 Å². The fraction of sp³-hybridized carbons (Fsp3) is 0.636. The Hall–Kier alpha value is -1.64. The van der Waals surface area contributed by atoms with Gasteiger partial charge in [0, 0.05) is 38.0 Å². The van der Waals surface area contributed by atoms with Crippen molar-refractivity contribution in [2.24, 2.45) is 47.3 Å². The average Bonchev–Trinajstić information content (AvgIpc) is 3.49. The van der Waals surface area contributed by atoms with Crippen LogP contribution in [0.1, 0.15) is 66.2 Å². The van der Waals surface area contributed by atoms with Crippen LogP contribution in [0.25, 0.3) is 0 Å². The fourth-order valence-electron chi connectivity index (χ4n) is 11.3. The molecular formula is C33H40N2. The minimum Gasteiger partial charge on any atom is -0.303 e. The number of rotatable bonds is 4. The fourth-order valence-corrected chi connectivity index (χ4v) is 11.3. The van der Waals surface area contributed by atoms with Crippen molar-refractivity contribution in [3.05, 3.63) is 70.8 Å². The van der Waals surface area contributed by atoms with E-state index in [1.807, 2.05) is 0 Å². The summed E-state index contributed by atoms with van der Waals surface area (Å²) in [5.41, 5.74) is 6.57. The van der Waals surface area contributed by atoms with Crippen LogP contribution in [-0.2, 0) is 0 Å². The molecule has 6 fully saturated rings. The SMILES string of the molecule is c1ccc2c(c1)C1c3ccccc3C2C2CN(CCCN3CC4C5CCC(C6CCC65)C4C3)CC12. The molecule has 0 N–H and O–H groups in total. The first-order valence-corrected chi connectivity index (χ1v) is 15.0. The van der Waals surface area contributed by atoms with Gasteiger partial charge in [0.05, 0.1) is 0 Å². The van der Waals surface area contributed by atoms with Crippen LogP contribution in [0.2, 0.25) is 0 Å². The molecule has 0 aromatic heterocycles. The van der Waals surface area contributed by atoms with Crippen molar-refractivity contribution in [2.45, 2.75) is 43.9 Å². The van der Waals surface area contributed by atoms with Gasteiger partial charge in [0.15, 0.2) is 0 Å². The summed E-state index contributed by atoms with van der Waals surface area (Å²) >= 11 is 0. The Labute approximate surface area is 211 Å². The van der Waals surface area contributed by atoms with E-state index in [9.17, 15) is 0 Å². The Kier molecular flexibility index (Phi) is 4.35. The molecule has 0 radical (unpaired) electrons. The Morgan fingerprint density at radius 3 is 1.20 bits per heavy atom. The van der Waals surface area contributed by atoms with Crippen LogP contribution >= 0.6 is 0 Å². The second-order valence-corrected chi connectivity index (χ2v) is 13.6. The van der Waals surface area contributed by atoms with Gasteiger partial charge in [0.1, 0.15) is 0 Å². The molecule has 2 aromatic carbocycles. The molecule has 11 rings (SSSR count). The zero-order valence-corrected chi connectivity index (χ0v) is 21.1. The number of nitrogens with zero attached hydrogens (tertiary/aromatic N) is 2. The number of benzene rings is 2. The van der Waals surface area contributed by atoms with Crippen molar-refractivity contribution < 1.29 is 0 Å². The molecule has 7 aliphatic carbocycles. The van der Waals surface area contributed by atoms with Crippen LogP contribution in [-0.4, -0.2) is 49.1 Å². The number of hydrogen-bond donors (Lipinski definition) is 0. The Morgan fingerprint density at radius 2 is 0.800 bits per heavy atom. The lowest BCUT2D eigenvalue weighted by Crippen LogP contribution is -2.54. The molecule has 2 heteroatoms. The van der Waals surface area contributed by atoms with Crippen LogP contribution in [0.15, 0.2) is 48.5 Å². The van der Waals surface area contributed by atoms with E-state index in [0.717, 1.165) is 47.3 Å². The maximum atomic E-state index is 2.91. The molecule has 35 heavy (non-hydrogen) atoms. The molecule has 2 aromatic rings. The van der Waals surface area contributed by atoms with E-state index >= 15 is 0 Å². The van der Waals surface area contributed by atoms with Crippen molar-refractivity contribution in [1.82, 2.24) is 9.80 Å². The Morgan fingerprint density at radius 1 is 0.457 bits per heavy atom. The molecule has 182 valence electrons. The predicted molar refractivity (Wildman–Crippen MR) is 140 cm³/mol. The quantitative estimate of drug-likeness (QED) is 0.562. The summed E-state index contributed by atoms with van der Waals surface area (Å²) in [5.74, 6) is 9.50. The lowest BCUT2D eigenvalue weighted by atomic mass is 9.45. The van der Waals surface area contributed by atoms with Crippen molar-refractivity contribution >= 4 is 0 Å². The summed E-state index contributed by atoms with van der Waals surface area (Å²) in [4.78, 5) is 5.77. The average molecular weight is 465 g/mol. The van der Waals surface area contributed by atoms with Crippen molar-refractivity contribution in [1.29, 1.82) is 0 Å². The summed E-state index contributed by atoms with van der Waals surface area (Å²) < 4.78 is 0. The van der Waals surface area contributed by atoms with Crippen molar-refractivity contribution in [3.8, 4) is 0 Å². The van der Waals surface area contributed by atoms with Crippen LogP contribution in [0.3, 0.4) is 0 Å². The second-order valence-electron chi connectivity index (χ2n) is 13.6. The van der Waals surface area contributed by atoms with Crippen LogP contribution in [0.4, 0.5) is 0 Å². The zero-order chi connectivity index (χ0) is 22.7. The highest BCUT2D eigenvalue weighted by Crippen LogP contribution is 2.64. The predicted octanol–water partition coefficient (Wildman–Crippen LogP) is 5.83. The van der Waals surface area contributed by atoms with Gasteiger partial charge in [-0.05, 0) is 115 Å². The van der Waals surface area contributed by atoms with Gasteiger partial charge in [-0.2, -0.15) is 0 Å². The van der Waals surface area contributed by atoms with E-state index in [0.29, 0.717) is 11.8 Å². The molecular weight excluding hydrogens is 424 g/mol. The summed E-state index contributed by atoms with van der Waals surface area (Å²) in [6, 6.07) is 18.8. The van der Waals surface area contributed by atoms with E-state index in [1.54, 1.807) is 47.9 Å². The van der Waals surface area contributed by atoms with Crippen LogP contribution < -0.4 is 0 Å². The zero-order valence-electron chi connectivity index (χ0n) is 21.1. The van der Waals surface area contributed by atoms with E-state index < -0.39 is 0 Å². The van der Waals surface area contributed by atoms with E-state index in [1.165, 1.54) is 45.7 Å². The normalized spacial score (nSPS) is 44.3. The minimum atomic E-state index is 0.620. The van der Waals surface area contributed by atoms with E-state index in [-0.39, 0.29) is 0 Å². The van der Waals surface area contributed by atoms with E-state index in [2.05, 4.69) is 58.3 Å². The van der Waals surface area contributed by atoms with Gasteiger partial charge in [0.2, 0.25) is 0 Å². The van der Waals surface area contributed by atoms with Gasteiger partial charge < -0.3 is 9.80 Å². The number of fused-ring (bicyclic) bond motifs is 1. The molecule has 8 atom stereocenters. The third-order valence-corrected chi connectivity index (χ3v) is 12.5. The maximum absolute atomic E-state index is 2.91. The Bertz CT molecular complexity index is 1020. The van der Waals surface area contributed by atoms with E-state index in [4.69, 9.17) is 0 Å². The molecule has 2 nitrogen and oxygen atoms in total. The molecule has 2 aliphatic heterocycles. The molecule has 0 amide bonds. The van der Waals surface area contributed by atoms with Gasteiger partial charge in [-0.25, -0.2) is 0 Å². The first-order valence-electron chi connectivity index (χ1n) is 15.0. The molecule has 0 spiro atoms. The lowest BCUT2D eigenvalue weighted by molar-refractivity contribution is -0.108. The largest absolute Gasteiger partial charge is 0.303 e. The summed E-state index contributed by atoms with van der Waals surface area (Å²) in [6.45, 7) is 8.16. The first kappa shape index (κ1) is 20.4. The summed E-state index contributed by atoms with van der Waals surface area (Å²) in [6.07, 6.45) is 7.66. The van der Waals surface area contributed by atoms with Gasteiger partial charge >= 0.3 is 0 Å². The number of likely N-dealkylation sites (tertiary alicyclic amines) is 2. The molecule has 2 heterocycles. The van der Waals surface area contributed by atoms with Gasteiger partial charge in [-0.3, -0.25) is 0 Å². The molecule has 8 unspecified atom stereocenters. The Balaban J connectivity index is 0.884. The first-order chi connectivity index (χ1) is 17.3. The smallest absolute Gasteiger partial charge is 0.0139 e. The highest BCUT2D eigenvalue weighted by atomic mass is 15.2. The molecule has 9 aliphatic rings. The third-order valence-electron chi connectivity index (χ3n) is 12.5. The highest BCUT2D eigenvalue weighted by molar-refractivity contribution is 5.57. The summed E-state index contributed by atoms with van der Waals surface area (Å²) in [7, 11) is 0. The third kappa shape index (κ3) is 2.74. The highest BCUT2D eigenvalue weighted by Gasteiger charge is 2.59. The topological polar surface area (TPSA) is 6.48 Å². The minimum absolute atomic E-state index is 0.620.